The first-order chi connectivity index (χ1) is 17.6. The molecule has 0 aromatic carbocycles. The Morgan fingerprint density at radius 1 is 0.514 bits per heavy atom. The standard InChI is InChI=1S/3C8H13NO3.Ga/c3*1-6(10)9-5-3-2-4-7(9)8(11)12;/h3*7H,2-5H2,1H3,(H,11,12);/q;;;+3/p-3. The molecule has 3 atom stereocenters. The van der Waals surface area contributed by atoms with Crippen molar-refractivity contribution in [1.82, 2.24) is 14.7 Å². The molecule has 0 aromatic rings. The molecule has 0 saturated carbocycles. The maximum absolute atomic E-state index is 13.1. The summed E-state index contributed by atoms with van der Waals surface area (Å²) in [5, 5.41) is 0. The second-order valence-corrected chi connectivity index (χ2v) is 12.5. The van der Waals surface area contributed by atoms with E-state index in [1.807, 2.05) is 0 Å². The molecule has 0 N–H and O–H groups in total. The van der Waals surface area contributed by atoms with Gasteiger partial charge in [-0.15, -0.1) is 0 Å². The van der Waals surface area contributed by atoms with E-state index >= 15 is 0 Å². The normalized spacial score (nSPS) is 24.1. The van der Waals surface area contributed by atoms with Gasteiger partial charge in [0.15, 0.2) is 0 Å². The van der Waals surface area contributed by atoms with Gasteiger partial charge in [-0.05, 0) is 0 Å². The fourth-order valence-corrected chi connectivity index (χ4v) is 7.74. The van der Waals surface area contributed by atoms with E-state index in [2.05, 4.69) is 0 Å². The van der Waals surface area contributed by atoms with Crippen molar-refractivity contribution in [2.45, 2.75) is 96.7 Å². The van der Waals surface area contributed by atoms with Crippen LogP contribution in [0.2, 0.25) is 0 Å². The van der Waals surface area contributed by atoms with Crippen LogP contribution in [0.15, 0.2) is 0 Å². The van der Waals surface area contributed by atoms with Crippen molar-refractivity contribution in [1.29, 1.82) is 0 Å². The summed E-state index contributed by atoms with van der Waals surface area (Å²) >= 11 is -4.37. The number of carbonyl (C=O) groups is 6. The molecule has 3 unspecified atom stereocenters. The van der Waals surface area contributed by atoms with Crippen LogP contribution >= 0.6 is 0 Å². The Bertz CT molecular complexity index is 800. The molecule has 3 heterocycles. The SMILES string of the molecule is CC(=O)N1CCCCC1C(=O)[O][Ga]([O]C(=O)C1CCCCN1C(C)=O)[O]C(=O)C1CCCCN1C(C)=O. The molecule has 0 aromatic heterocycles. The van der Waals surface area contributed by atoms with Crippen LogP contribution in [0.4, 0.5) is 0 Å². The van der Waals surface area contributed by atoms with Gasteiger partial charge in [0.2, 0.25) is 0 Å². The molecule has 0 spiro atoms. The van der Waals surface area contributed by atoms with Gasteiger partial charge in [-0.2, -0.15) is 0 Å². The molecule has 3 saturated heterocycles. The Morgan fingerprint density at radius 3 is 1.03 bits per heavy atom. The van der Waals surface area contributed by atoms with E-state index in [1.54, 1.807) is 0 Å². The third-order valence-electron chi connectivity index (χ3n) is 7.18. The van der Waals surface area contributed by atoms with Crippen LogP contribution in [0.5, 0.6) is 0 Å². The summed E-state index contributed by atoms with van der Waals surface area (Å²) < 4.78 is 16.6. The third-order valence-corrected chi connectivity index (χ3v) is 9.85. The zero-order valence-electron chi connectivity index (χ0n) is 21.8. The Kier molecular flexibility index (Phi) is 10.4. The Balaban J connectivity index is 1.78. The van der Waals surface area contributed by atoms with Crippen LogP contribution in [-0.4, -0.2) is 105 Å². The van der Waals surface area contributed by atoms with Crippen molar-refractivity contribution in [3.63, 3.8) is 0 Å². The molecular formula is C24H36GaN3O9. The Labute approximate surface area is 223 Å². The summed E-state index contributed by atoms with van der Waals surface area (Å²) in [6.45, 7) is 5.29. The molecule has 3 fully saturated rings. The molecule has 0 radical (unpaired) electrons. The Hall–Kier alpha value is -2.54. The first-order valence-electron chi connectivity index (χ1n) is 13.0. The molecule has 12 nitrogen and oxygen atoms in total. The summed E-state index contributed by atoms with van der Waals surface area (Å²) in [5.74, 6) is -3.17. The zero-order valence-corrected chi connectivity index (χ0v) is 24.2. The topological polar surface area (TPSA) is 140 Å². The maximum atomic E-state index is 13.1. The molecular weight excluding hydrogens is 544 g/mol. The van der Waals surface area contributed by atoms with Gasteiger partial charge in [-0.3, -0.25) is 0 Å². The van der Waals surface area contributed by atoms with Crippen LogP contribution < -0.4 is 0 Å². The van der Waals surface area contributed by atoms with E-state index in [-0.39, 0.29) is 17.7 Å². The van der Waals surface area contributed by atoms with Crippen molar-refractivity contribution >= 4 is 52.9 Å². The van der Waals surface area contributed by atoms with Gasteiger partial charge in [0.25, 0.3) is 0 Å². The van der Waals surface area contributed by atoms with E-state index < -0.39 is 53.3 Å². The number of hydrogen-bond donors (Lipinski definition) is 0. The van der Waals surface area contributed by atoms with Crippen molar-refractivity contribution < 1.29 is 39.4 Å². The summed E-state index contributed by atoms with van der Waals surface area (Å²) in [6, 6.07) is -2.57. The Morgan fingerprint density at radius 2 is 0.784 bits per heavy atom. The molecule has 0 bridgehead atoms. The predicted molar refractivity (Wildman–Crippen MR) is 129 cm³/mol. The molecule has 204 valence electrons. The van der Waals surface area contributed by atoms with Gasteiger partial charge in [0, 0.05) is 0 Å². The van der Waals surface area contributed by atoms with Gasteiger partial charge in [0.05, 0.1) is 0 Å². The molecule has 0 aliphatic carbocycles. The van der Waals surface area contributed by atoms with Gasteiger partial charge in [-0.25, -0.2) is 0 Å². The van der Waals surface area contributed by atoms with Crippen LogP contribution in [0.25, 0.3) is 0 Å². The number of amides is 3. The molecule has 3 aliphatic heterocycles. The van der Waals surface area contributed by atoms with Gasteiger partial charge >= 0.3 is 223 Å². The zero-order chi connectivity index (χ0) is 27.1. The minimum atomic E-state index is -4.37. The number of hydrogen-bond acceptors (Lipinski definition) is 9. The quantitative estimate of drug-likeness (QED) is 0.418. The van der Waals surface area contributed by atoms with E-state index in [0.717, 1.165) is 19.3 Å². The first kappa shape index (κ1) is 29.0. The number of nitrogens with zero attached hydrogens (tertiary/aromatic N) is 3. The minimum absolute atomic E-state index is 0.279. The molecule has 3 amide bonds. The number of rotatable bonds is 6. The second-order valence-electron chi connectivity index (χ2n) is 9.77. The van der Waals surface area contributed by atoms with E-state index in [4.69, 9.17) is 10.6 Å². The molecule has 13 heteroatoms. The van der Waals surface area contributed by atoms with Gasteiger partial charge in [-0.1, -0.05) is 0 Å². The number of carbonyl (C=O) groups excluding carboxylic acids is 6. The molecule has 37 heavy (non-hydrogen) atoms. The van der Waals surface area contributed by atoms with Crippen LogP contribution in [0, 0.1) is 0 Å². The van der Waals surface area contributed by atoms with Crippen molar-refractivity contribution in [2.75, 3.05) is 19.6 Å². The fraction of sp³-hybridized carbons (Fsp3) is 0.750. The van der Waals surface area contributed by atoms with Crippen LogP contribution in [0.3, 0.4) is 0 Å². The number of piperidine rings is 3. The average Bonchev–Trinajstić information content (AvgIpc) is 2.88. The van der Waals surface area contributed by atoms with Crippen molar-refractivity contribution in [3.8, 4) is 0 Å². The second kappa shape index (κ2) is 13.3. The van der Waals surface area contributed by atoms with Crippen LogP contribution in [-0.2, 0) is 39.4 Å². The summed E-state index contributed by atoms with van der Waals surface area (Å²) in [4.78, 5) is 79.7. The van der Waals surface area contributed by atoms with Gasteiger partial charge in [0.1, 0.15) is 0 Å². The van der Waals surface area contributed by atoms with Crippen LogP contribution in [0.1, 0.15) is 78.6 Å². The van der Waals surface area contributed by atoms with Crippen molar-refractivity contribution in [3.05, 3.63) is 0 Å². The predicted octanol–water partition coefficient (Wildman–Crippen LogP) is 0.804. The number of likely N-dealkylation sites (tertiary alicyclic amines) is 3. The summed E-state index contributed by atoms with van der Waals surface area (Å²) in [7, 11) is 0. The monoisotopic (exact) mass is 579 g/mol. The average molecular weight is 580 g/mol. The third kappa shape index (κ3) is 7.50. The summed E-state index contributed by atoms with van der Waals surface area (Å²) in [6.07, 6.45) is 5.56. The molecule has 3 aliphatic rings. The molecule has 3 rings (SSSR count). The van der Waals surface area contributed by atoms with E-state index in [0.29, 0.717) is 58.2 Å². The fourth-order valence-electron chi connectivity index (χ4n) is 5.25. The summed E-state index contributed by atoms with van der Waals surface area (Å²) in [5.41, 5.74) is 0. The van der Waals surface area contributed by atoms with E-state index in [9.17, 15) is 28.8 Å². The van der Waals surface area contributed by atoms with Gasteiger partial charge < -0.3 is 0 Å². The van der Waals surface area contributed by atoms with E-state index in [1.165, 1.54) is 35.5 Å². The van der Waals surface area contributed by atoms with Crippen molar-refractivity contribution in [2.24, 2.45) is 0 Å². The first-order valence-corrected chi connectivity index (χ1v) is 16.0.